The van der Waals surface area contributed by atoms with Gasteiger partial charge in [-0.05, 0) is 48.9 Å². The number of rotatable bonds is 6. The highest BCUT2D eigenvalue weighted by Crippen LogP contribution is 2.22. The molecule has 0 unspecified atom stereocenters. The maximum atomic E-state index is 13.0. The van der Waals surface area contributed by atoms with Crippen LogP contribution in [0.1, 0.15) is 24.4 Å². The van der Waals surface area contributed by atoms with Gasteiger partial charge in [0.25, 0.3) is 0 Å². The van der Waals surface area contributed by atoms with Crippen molar-refractivity contribution in [2.45, 2.75) is 25.6 Å². The van der Waals surface area contributed by atoms with Gasteiger partial charge in [-0.1, -0.05) is 30.3 Å². The van der Waals surface area contributed by atoms with Crippen LogP contribution in [0.4, 0.5) is 4.39 Å². The van der Waals surface area contributed by atoms with Crippen molar-refractivity contribution in [2.24, 2.45) is 0 Å². The van der Waals surface area contributed by atoms with Crippen molar-refractivity contribution in [3.63, 3.8) is 0 Å². The number of hydrogen-bond acceptors (Lipinski definition) is 2. The Labute approximate surface area is 140 Å². The first-order chi connectivity index (χ1) is 11.6. The summed E-state index contributed by atoms with van der Waals surface area (Å²) in [5.74, 6) is 1.28. The fourth-order valence-corrected chi connectivity index (χ4v) is 2.64. The number of aliphatic hydroxyl groups is 1. The average Bonchev–Trinajstić information content (AvgIpc) is 3.09. The molecule has 0 saturated carbocycles. The predicted octanol–water partition coefficient (Wildman–Crippen LogP) is 3.27. The lowest BCUT2D eigenvalue weighted by molar-refractivity contribution is -0.710. The molecule has 0 fully saturated rings. The lowest BCUT2D eigenvalue weighted by Crippen LogP contribution is -2.88. The molecule has 2 aromatic carbocycles. The van der Waals surface area contributed by atoms with Gasteiger partial charge in [-0.25, -0.2) is 4.39 Å². The minimum absolute atomic E-state index is 0.00627. The summed E-state index contributed by atoms with van der Waals surface area (Å²) in [6.07, 6.45) is -0.530. The Balaban J connectivity index is 1.60. The van der Waals surface area contributed by atoms with E-state index in [-0.39, 0.29) is 11.9 Å². The van der Waals surface area contributed by atoms with E-state index in [0.717, 1.165) is 22.6 Å². The van der Waals surface area contributed by atoms with Gasteiger partial charge in [-0.2, -0.15) is 0 Å². The van der Waals surface area contributed by atoms with Crippen LogP contribution in [0.3, 0.4) is 0 Å². The van der Waals surface area contributed by atoms with Crippen LogP contribution in [0.5, 0.6) is 0 Å². The van der Waals surface area contributed by atoms with E-state index in [2.05, 4.69) is 0 Å². The van der Waals surface area contributed by atoms with Crippen molar-refractivity contribution in [3.05, 3.63) is 83.9 Å². The summed E-state index contributed by atoms with van der Waals surface area (Å²) in [4.78, 5) is 0. The van der Waals surface area contributed by atoms with Crippen LogP contribution in [0, 0.1) is 5.82 Å². The lowest BCUT2D eigenvalue weighted by Gasteiger charge is -2.17. The molecule has 3 N–H and O–H groups in total. The first-order valence-corrected chi connectivity index (χ1v) is 8.04. The number of hydrogen-bond donors (Lipinski definition) is 2. The summed E-state index contributed by atoms with van der Waals surface area (Å²) in [7, 11) is 0. The third-order valence-electron chi connectivity index (χ3n) is 4.12. The van der Waals surface area contributed by atoms with Crippen LogP contribution in [-0.2, 0) is 6.54 Å². The Hall–Kier alpha value is -2.43. The van der Waals surface area contributed by atoms with Crippen molar-refractivity contribution in [1.29, 1.82) is 0 Å². The zero-order valence-electron chi connectivity index (χ0n) is 13.5. The third-order valence-corrected chi connectivity index (χ3v) is 4.12. The Morgan fingerprint density at radius 2 is 1.71 bits per heavy atom. The summed E-state index contributed by atoms with van der Waals surface area (Å²) in [6.45, 7) is 2.62. The van der Waals surface area contributed by atoms with E-state index in [1.807, 2.05) is 54.7 Å². The fraction of sp³-hybridized carbons (Fsp3) is 0.200. The quantitative estimate of drug-likeness (QED) is 0.730. The zero-order chi connectivity index (χ0) is 16.9. The molecule has 3 nitrogen and oxygen atoms in total. The number of halogens is 1. The van der Waals surface area contributed by atoms with E-state index in [4.69, 9.17) is 4.42 Å². The molecule has 1 heterocycles. The van der Waals surface area contributed by atoms with Crippen LogP contribution < -0.4 is 5.32 Å². The number of benzene rings is 2. The highest BCUT2D eigenvalue weighted by atomic mass is 19.1. The van der Waals surface area contributed by atoms with E-state index in [1.54, 1.807) is 12.1 Å². The molecule has 0 radical (unpaired) electrons. The van der Waals surface area contributed by atoms with Crippen LogP contribution >= 0.6 is 0 Å². The summed E-state index contributed by atoms with van der Waals surface area (Å²) >= 11 is 0. The molecule has 0 aliphatic heterocycles. The van der Waals surface area contributed by atoms with Gasteiger partial charge in [0.15, 0.2) is 5.76 Å². The molecule has 0 amide bonds. The van der Waals surface area contributed by atoms with Crippen molar-refractivity contribution < 1.29 is 19.2 Å². The van der Waals surface area contributed by atoms with Gasteiger partial charge in [0.2, 0.25) is 0 Å². The van der Waals surface area contributed by atoms with Crippen LogP contribution in [-0.4, -0.2) is 11.1 Å². The highest BCUT2D eigenvalue weighted by molar-refractivity contribution is 5.57. The van der Waals surface area contributed by atoms with Crippen molar-refractivity contribution in [3.8, 4) is 11.3 Å². The Bertz CT molecular complexity index is 768. The summed E-state index contributed by atoms with van der Waals surface area (Å²) in [5.41, 5.74) is 1.76. The third kappa shape index (κ3) is 3.91. The number of quaternary nitrogens is 1. The van der Waals surface area contributed by atoms with E-state index in [0.29, 0.717) is 6.54 Å². The first kappa shape index (κ1) is 16.4. The van der Waals surface area contributed by atoms with Gasteiger partial charge < -0.3 is 14.8 Å². The molecule has 0 aliphatic carbocycles. The molecule has 1 aromatic heterocycles. The number of nitrogens with two attached hydrogens (primary N) is 1. The maximum absolute atomic E-state index is 13.0. The monoisotopic (exact) mass is 326 g/mol. The van der Waals surface area contributed by atoms with Gasteiger partial charge in [0.05, 0.1) is 0 Å². The second-order valence-electron chi connectivity index (χ2n) is 5.93. The van der Waals surface area contributed by atoms with Gasteiger partial charge in [-0.15, -0.1) is 0 Å². The molecular formula is C20H21FNO2+. The Kier molecular flexibility index (Phi) is 5.08. The molecule has 0 bridgehead atoms. The topological polar surface area (TPSA) is 50.0 Å². The average molecular weight is 326 g/mol. The maximum Gasteiger partial charge on any atom is 0.158 e. The van der Waals surface area contributed by atoms with Gasteiger partial charge >= 0.3 is 0 Å². The largest absolute Gasteiger partial charge is 0.455 e. The normalized spacial score (nSPS) is 13.6. The lowest BCUT2D eigenvalue weighted by atomic mass is 10.0. The van der Waals surface area contributed by atoms with E-state index in [1.165, 1.54) is 12.1 Å². The standard InChI is InChI=1S/C20H20FNO2/c1-14(20(23)16-5-3-2-4-6-16)22-13-18-11-12-19(24-18)15-7-9-17(21)10-8-15/h2-12,14,20,22-23H,13H2,1H3/p+1/t14-,20+/m0/s1. The minimum Gasteiger partial charge on any atom is -0.455 e. The molecule has 3 aromatic rings. The fourth-order valence-electron chi connectivity index (χ4n) is 2.64. The smallest absolute Gasteiger partial charge is 0.158 e. The van der Waals surface area contributed by atoms with Crippen LogP contribution in [0.15, 0.2) is 71.1 Å². The summed E-state index contributed by atoms with van der Waals surface area (Å²) in [6, 6.07) is 19.7. The molecule has 0 aliphatic rings. The van der Waals surface area contributed by atoms with Gasteiger partial charge in [-0.3, -0.25) is 0 Å². The van der Waals surface area contributed by atoms with E-state index >= 15 is 0 Å². The van der Waals surface area contributed by atoms with E-state index < -0.39 is 6.10 Å². The summed E-state index contributed by atoms with van der Waals surface area (Å²) < 4.78 is 18.8. The van der Waals surface area contributed by atoms with Crippen LogP contribution in [0.25, 0.3) is 11.3 Å². The molecule has 2 atom stereocenters. The van der Waals surface area contributed by atoms with Gasteiger partial charge in [0, 0.05) is 5.56 Å². The summed E-state index contributed by atoms with van der Waals surface area (Å²) in [5, 5.41) is 12.4. The number of furan rings is 1. The minimum atomic E-state index is -0.530. The van der Waals surface area contributed by atoms with Gasteiger partial charge in [0.1, 0.15) is 30.3 Å². The second-order valence-corrected chi connectivity index (χ2v) is 5.93. The van der Waals surface area contributed by atoms with Crippen LogP contribution in [0.2, 0.25) is 0 Å². The molecule has 24 heavy (non-hydrogen) atoms. The van der Waals surface area contributed by atoms with Crippen molar-refractivity contribution in [2.75, 3.05) is 0 Å². The second kappa shape index (κ2) is 7.43. The first-order valence-electron chi connectivity index (χ1n) is 8.04. The van der Waals surface area contributed by atoms with Crippen molar-refractivity contribution >= 4 is 0 Å². The Morgan fingerprint density at radius 3 is 2.42 bits per heavy atom. The molecule has 0 spiro atoms. The Morgan fingerprint density at radius 1 is 1.00 bits per heavy atom. The molecule has 3 rings (SSSR count). The van der Waals surface area contributed by atoms with E-state index in [9.17, 15) is 9.50 Å². The highest BCUT2D eigenvalue weighted by Gasteiger charge is 2.19. The van der Waals surface area contributed by atoms with Crippen molar-refractivity contribution in [1.82, 2.24) is 0 Å². The molecular weight excluding hydrogens is 305 g/mol. The molecule has 0 saturated heterocycles. The number of aliphatic hydroxyl groups excluding tert-OH is 1. The predicted molar refractivity (Wildman–Crippen MR) is 90.6 cm³/mol. The zero-order valence-corrected chi connectivity index (χ0v) is 13.5. The molecule has 124 valence electrons. The SMILES string of the molecule is C[C@H]([NH2+]Cc1ccc(-c2ccc(F)cc2)o1)[C@@H](O)c1ccccc1. The molecule has 4 heteroatoms.